The molecular formula is C17H26N4O2. The molecular weight excluding hydrogens is 292 g/mol. The first kappa shape index (κ1) is 16.2. The number of carbonyl (C=O) groups is 1. The van der Waals surface area contributed by atoms with Crippen LogP contribution in [0.4, 0.5) is 11.5 Å². The quantitative estimate of drug-likeness (QED) is 0.887. The van der Waals surface area contributed by atoms with E-state index in [2.05, 4.69) is 34.4 Å². The molecule has 23 heavy (non-hydrogen) atoms. The molecule has 3 rings (SSSR count). The molecule has 0 saturated carbocycles. The SMILES string of the molecule is CC1(C)CCCNC1C(=O)Nc1ccc(N2CCOCC2)nc1. The summed E-state index contributed by atoms with van der Waals surface area (Å²) in [7, 11) is 0. The number of anilines is 2. The maximum Gasteiger partial charge on any atom is 0.242 e. The number of aromatic nitrogens is 1. The molecule has 0 bridgehead atoms. The second-order valence-corrected chi connectivity index (χ2v) is 6.97. The zero-order valence-corrected chi connectivity index (χ0v) is 14.0. The Kier molecular flexibility index (Phi) is 4.82. The Bertz CT molecular complexity index is 538. The van der Waals surface area contributed by atoms with E-state index in [1.54, 1.807) is 6.20 Å². The van der Waals surface area contributed by atoms with Gasteiger partial charge in [0.05, 0.1) is 31.1 Å². The number of nitrogens with one attached hydrogen (secondary N) is 2. The fourth-order valence-corrected chi connectivity index (χ4v) is 3.31. The summed E-state index contributed by atoms with van der Waals surface area (Å²) in [6, 6.07) is 3.72. The summed E-state index contributed by atoms with van der Waals surface area (Å²) in [6.07, 6.45) is 3.91. The lowest BCUT2D eigenvalue weighted by molar-refractivity contribution is -0.121. The van der Waals surface area contributed by atoms with Gasteiger partial charge in [0.1, 0.15) is 5.82 Å². The second kappa shape index (κ2) is 6.84. The van der Waals surface area contributed by atoms with E-state index in [0.29, 0.717) is 0 Å². The molecule has 0 aromatic carbocycles. The molecule has 0 aliphatic carbocycles. The summed E-state index contributed by atoms with van der Waals surface area (Å²) in [4.78, 5) is 19.2. The molecule has 2 saturated heterocycles. The van der Waals surface area contributed by atoms with Crippen LogP contribution in [0.1, 0.15) is 26.7 Å². The van der Waals surface area contributed by atoms with Gasteiger partial charge in [0.15, 0.2) is 0 Å². The maximum atomic E-state index is 12.5. The molecule has 6 heteroatoms. The minimum Gasteiger partial charge on any atom is -0.378 e. The molecule has 1 aromatic rings. The van der Waals surface area contributed by atoms with Crippen molar-refractivity contribution in [2.45, 2.75) is 32.7 Å². The van der Waals surface area contributed by atoms with E-state index in [4.69, 9.17) is 4.74 Å². The van der Waals surface area contributed by atoms with Crippen molar-refractivity contribution in [2.24, 2.45) is 5.41 Å². The zero-order chi connectivity index (χ0) is 16.3. The van der Waals surface area contributed by atoms with Gasteiger partial charge in [-0.05, 0) is 36.9 Å². The number of amides is 1. The molecule has 3 heterocycles. The first-order chi connectivity index (χ1) is 11.1. The molecule has 126 valence electrons. The smallest absolute Gasteiger partial charge is 0.242 e. The standard InChI is InChI=1S/C17H26N4O2/c1-17(2)6-3-7-18-15(17)16(22)20-13-4-5-14(19-12-13)21-8-10-23-11-9-21/h4-5,12,15,18H,3,6-11H2,1-2H3,(H,20,22). The largest absolute Gasteiger partial charge is 0.378 e. The third-order valence-corrected chi connectivity index (χ3v) is 4.74. The van der Waals surface area contributed by atoms with Crippen LogP contribution in [0.15, 0.2) is 18.3 Å². The summed E-state index contributed by atoms with van der Waals surface area (Å²) in [5.41, 5.74) is 0.721. The predicted molar refractivity (Wildman–Crippen MR) is 90.7 cm³/mol. The lowest BCUT2D eigenvalue weighted by Gasteiger charge is -2.38. The Morgan fingerprint density at radius 1 is 1.39 bits per heavy atom. The lowest BCUT2D eigenvalue weighted by atomic mass is 9.77. The van der Waals surface area contributed by atoms with Gasteiger partial charge < -0.3 is 20.3 Å². The summed E-state index contributed by atoms with van der Waals surface area (Å²) >= 11 is 0. The van der Waals surface area contributed by atoms with E-state index in [0.717, 1.165) is 57.2 Å². The Balaban J connectivity index is 1.62. The first-order valence-corrected chi connectivity index (χ1v) is 8.39. The van der Waals surface area contributed by atoms with E-state index >= 15 is 0 Å². The number of piperidine rings is 1. The highest BCUT2D eigenvalue weighted by atomic mass is 16.5. The van der Waals surface area contributed by atoms with E-state index in [1.807, 2.05) is 12.1 Å². The summed E-state index contributed by atoms with van der Waals surface area (Å²) < 4.78 is 5.35. The average Bonchev–Trinajstić information content (AvgIpc) is 2.56. The van der Waals surface area contributed by atoms with Gasteiger partial charge in [0.25, 0.3) is 0 Å². The Morgan fingerprint density at radius 2 is 2.17 bits per heavy atom. The van der Waals surface area contributed by atoms with Gasteiger partial charge in [-0.25, -0.2) is 4.98 Å². The van der Waals surface area contributed by atoms with E-state index in [9.17, 15) is 4.79 Å². The molecule has 1 atom stereocenters. The van der Waals surface area contributed by atoms with Crippen molar-refractivity contribution in [1.82, 2.24) is 10.3 Å². The fraction of sp³-hybridized carbons (Fsp3) is 0.647. The van der Waals surface area contributed by atoms with Crippen molar-refractivity contribution in [3.05, 3.63) is 18.3 Å². The number of ether oxygens (including phenoxy) is 1. The van der Waals surface area contributed by atoms with Crippen LogP contribution in [0.5, 0.6) is 0 Å². The second-order valence-electron chi connectivity index (χ2n) is 6.97. The third-order valence-electron chi connectivity index (χ3n) is 4.74. The van der Waals surface area contributed by atoms with Gasteiger partial charge in [-0.2, -0.15) is 0 Å². The summed E-state index contributed by atoms with van der Waals surface area (Å²) in [6.45, 7) is 8.38. The predicted octanol–water partition coefficient (Wildman–Crippen LogP) is 1.63. The summed E-state index contributed by atoms with van der Waals surface area (Å²) in [5, 5.41) is 6.33. The minimum atomic E-state index is -0.157. The van der Waals surface area contributed by atoms with Crippen LogP contribution >= 0.6 is 0 Å². The third kappa shape index (κ3) is 3.82. The van der Waals surface area contributed by atoms with Crippen molar-refractivity contribution in [3.8, 4) is 0 Å². The monoisotopic (exact) mass is 318 g/mol. The number of hydrogen-bond acceptors (Lipinski definition) is 5. The van der Waals surface area contributed by atoms with E-state index in [-0.39, 0.29) is 17.4 Å². The number of carbonyl (C=O) groups excluding carboxylic acids is 1. The Labute approximate surface area is 137 Å². The van der Waals surface area contributed by atoms with E-state index in [1.165, 1.54) is 0 Å². The highest BCUT2D eigenvalue weighted by Gasteiger charge is 2.37. The van der Waals surface area contributed by atoms with Crippen molar-refractivity contribution in [3.63, 3.8) is 0 Å². The summed E-state index contributed by atoms with van der Waals surface area (Å²) in [5.74, 6) is 0.957. The zero-order valence-electron chi connectivity index (χ0n) is 14.0. The first-order valence-electron chi connectivity index (χ1n) is 8.39. The van der Waals surface area contributed by atoms with E-state index < -0.39 is 0 Å². The molecule has 1 amide bonds. The van der Waals surface area contributed by atoms with Crippen LogP contribution in [0.25, 0.3) is 0 Å². The molecule has 2 fully saturated rings. The van der Waals surface area contributed by atoms with Crippen LogP contribution in [0, 0.1) is 5.41 Å². The number of hydrogen-bond donors (Lipinski definition) is 2. The van der Waals surface area contributed by atoms with Crippen LogP contribution in [0.2, 0.25) is 0 Å². The van der Waals surface area contributed by atoms with Crippen LogP contribution < -0.4 is 15.5 Å². The normalized spacial score (nSPS) is 24.3. The van der Waals surface area contributed by atoms with Crippen LogP contribution in [-0.2, 0) is 9.53 Å². The van der Waals surface area contributed by atoms with Crippen molar-refractivity contribution in [2.75, 3.05) is 43.1 Å². The maximum absolute atomic E-state index is 12.5. The minimum absolute atomic E-state index is 0.0237. The molecule has 1 aromatic heterocycles. The van der Waals surface area contributed by atoms with Crippen LogP contribution in [0.3, 0.4) is 0 Å². The van der Waals surface area contributed by atoms with Gasteiger partial charge in [-0.15, -0.1) is 0 Å². The molecule has 2 aliphatic heterocycles. The molecule has 0 radical (unpaired) electrons. The molecule has 6 nitrogen and oxygen atoms in total. The number of pyridine rings is 1. The molecule has 0 spiro atoms. The molecule has 2 aliphatic rings. The Hall–Kier alpha value is -1.66. The van der Waals surface area contributed by atoms with Crippen LogP contribution in [-0.4, -0.2) is 49.8 Å². The van der Waals surface area contributed by atoms with Crippen molar-refractivity contribution in [1.29, 1.82) is 0 Å². The molecule has 2 N–H and O–H groups in total. The van der Waals surface area contributed by atoms with Gasteiger partial charge in [-0.3, -0.25) is 4.79 Å². The highest BCUT2D eigenvalue weighted by Crippen LogP contribution is 2.30. The van der Waals surface area contributed by atoms with Crippen molar-refractivity contribution < 1.29 is 9.53 Å². The topological polar surface area (TPSA) is 66.5 Å². The number of morpholine rings is 1. The van der Waals surface area contributed by atoms with Gasteiger partial charge in [-0.1, -0.05) is 13.8 Å². The highest BCUT2D eigenvalue weighted by molar-refractivity contribution is 5.95. The lowest BCUT2D eigenvalue weighted by Crippen LogP contribution is -2.53. The average molecular weight is 318 g/mol. The van der Waals surface area contributed by atoms with Gasteiger partial charge in [0.2, 0.25) is 5.91 Å². The van der Waals surface area contributed by atoms with Gasteiger partial charge >= 0.3 is 0 Å². The number of nitrogens with zero attached hydrogens (tertiary/aromatic N) is 2. The Morgan fingerprint density at radius 3 is 2.83 bits per heavy atom. The fourth-order valence-electron chi connectivity index (χ4n) is 3.31. The molecule has 1 unspecified atom stereocenters. The van der Waals surface area contributed by atoms with Crippen molar-refractivity contribution >= 4 is 17.4 Å². The number of rotatable bonds is 3. The van der Waals surface area contributed by atoms with Gasteiger partial charge in [0, 0.05) is 13.1 Å².